The molecule has 29 heavy (non-hydrogen) atoms. The van der Waals surface area contributed by atoms with Crippen molar-refractivity contribution in [3.63, 3.8) is 0 Å². The van der Waals surface area contributed by atoms with Crippen molar-refractivity contribution >= 4 is 11.9 Å². The second-order valence-electron chi connectivity index (χ2n) is 7.16. The standard InChI is InChI=1S/C17H19N3O.C2HF3O2.CH4/c1-17(2)13-8-11-21-14-7-4-3-6-12(14)15(13)19-16-18-9-5-10-20(16)17;3-2(4,5)1(6)7;/h3-7,9-10,13,15H,8,11H2,1-2H3;(H,6,7);1H4/t13-,15+;;/m0../s1. The van der Waals surface area contributed by atoms with E-state index in [9.17, 15) is 13.2 Å². The molecule has 9 heteroatoms. The van der Waals surface area contributed by atoms with Gasteiger partial charge in [-0.1, -0.05) is 30.6 Å². The van der Waals surface area contributed by atoms with Gasteiger partial charge in [0.2, 0.25) is 0 Å². The van der Waals surface area contributed by atoms with E-state index in [-0.39, 0.29) is 19.0 Å². The summed E-state index contributed by atoms with van der Waals surface area (Å²) in [6, 6.07) is 10.6. The molecule has 2 aliphatic rings. The van der Waals surface area contributed by atoms with Crippen LogP contribution in [0.1, 0.15) is 39.3 Å². The lowest BCUT2D eigenvalue weighted by Gasteiger charge is -2.41. The molecule has 6 nitrogen and oxygen atoms in total. The number of halogens is 3. The smallest absolute Gasteiger partial charge is 0.430 e. The van der Waals surface area contributed by atoms with E-state index in [1.54, 1.807) is 0 Å². The molecule has 158 valence electrons. The van der Waals surface area contributed by atoms with Crippen LogP contribution in [0, 0.1) is 5.92 Å². The molecule has 4 rings (SSSR count). The van der Waals surface area contributed by atoms with Gasteiger partial charge in [0.25, 0.3) is 0 Å². The molecule has 1 aromatic carbocycles. The van der Waals surface area contributed by atoms with Gasteiger partial charge in [0, 0.05) is 17.5 Å². The molecule has 0 spiro atoms. The first-order valence-corrected chi connectivity index (χ1v) is 8.76. The molecule has 0 radical (unpaired) electrons. The van der Waals surface area contributed by atoms with Gasteiger partial charge >= 0.3 is 12.1 Å². The fourth-order valence-electron chi connectivity index (χ4n) is 3.75. The Morgan fingerprint density at radius 1 is 1.31 bits per heavy atom. The van der Waals surface area contributed by atoms with Crippen molar-refractivity contribution in [3.8, 4) is 5.75 Å². The van der Waals surface area contributed by atoms with Crippen molar-refractivity contribution in [3.05, 3.63) is 48.3 Å². The van der Waals surface area contributed by atoms with Crippen LogP contribution in [0.2, 0.25) is 0 Å². The molecular weight excluding hydrogens is 387 g/mol. The zero-order valence-electron chi connectivity index (χ0n) is 15.4. The number of carboxylic acid groups (broad SMARTS) is 1. The van der Waals surface area contributed by atoms with Crippen molar-refractivity contribution in [1.29, 1.82) is 0 Å². The SMILES string of the molecule is C.CC1(C)[C@H]2CCOc3ccccc3[C@H]2Nc2nccc[n+]21.O=C([O-])C(F)(F)F. The lowest BCUT2D eigenvalue weighted by molar-refractivity contribution is -0.761. The first kappa shape index (κ1) is 22.4. The number of aliphatic carboxylic acids is 1. The number of rotatable bonds is 0. The number of carboxylic acids is 1. The van der Waals surface area contributed by atoms with E-state index in [2.05, 4.69) is 53.1 Å². The fraction of sp³-hybridized carbons (Fsp3) is 0.450. The average molecular weight is 411 g/mol. The zero-order valence-corrected chi connectivity index (χ0v) is 15.4. The number of anilines is 1. The number of para-hydroxylation sites is 1. The number of carbonyl (C=O) groups is 1. The number of hydrogen-bond acceptors (Lipinski definition) is 5. The van der Waals surface area contributed by atoms with E-state index in [1.165, 1.54) is 5.56 Å². The van der Waals surface area contributed by atoms with Crippen LogP contribution in [0.4, 0.5) is 19.1 Å². The Kier molecular flexibility index (Phi) is 6.40. The molecule has 3 heterocycles. The van der Waals surface area contributed by atoms with Gasteiger partial charge < -0.3 is 14.6 Å². The molecule has 0 amide bonds. The molecule has 2 aliphatic heterocycles. The quantitative estimate of drug-likeness (QED) is 0.675. The van der Waals surface area contributed by atoms with Crippen LogP contribution in [-0.4, -0.2) is 23.7 Å². The topological polar surface area (TPSA) is 78.2 Å². The Balaban J connectivity index is 0.000000327. The minimum atomic E-state index is -5.19. The monoisotopic (exact) mass is 411 g/mol. The van der Waals surface area contributed by atoms with E-state index >= 15 is 0 Å². The normalized spacial score (nSPS) is 21.1. The third-order valence-electron chi connectivity index (χ3n) is 5.13. The molecular formula is C20H24F3N3O3. The van der Waals surface area contributed by atoms with E-state index in [1.807, 2.05) is 18.3 Å². The number of benzene rings is 1. The predicted octanol–water partition coefficient (Wildman–Crippen LogP) is 2.60. The summed E-state index contributed by atoms with van der Waals surface area (Å²) < 4.78 is 39.8. The molecule has 0 aliphatic carbocycles. The minimum Gasteiger partial charge on any atom is -0.542 e. The maximum Gasteiger partial charge on any atom is 0.430 e. The van der Waals surface area contributed by atoms with Gasteiger partial charge in [0.05, 0.1) is 18.3 Å². The number of nitrogens with one attached hydrogen (secondary N) is 1. The van der Waals surface area contributed by atoms with Gasteiger partial charge in [-0.3, -0.25) is 5.32 Å². The third kappa shape index (κ3) is 4.44. The highest BCUT2D eigenvalue weighted by Crippen LogP contribution is 2.44. The number of ether oxygens (including phenoxy) is 1. The molecule has 2 aromatic rings. The Hall–Kier alpha value is -2.84. The van der Waals surface area contributed by atoms with Gasteiger partial charge in [-0.15, -0.1) is 0 Å². The fourth-order valence-corrected chi connectivity index (χ4v) is 3.75. The lowest BCUT2D eigenvalue weighted by atomic mass is 9.75. The van der Waals surface area contributed by atoms with Gasteiger partial charge in [-0.05, 0) is 26.3 Å². The minimum absolute atomic E-state index is 0. The largest absolute Gasteiger partial charge is 0.542 e. The van der Waals surface area contributed by atoms with E-state index in [0.29, 0.717) is 5.92 Å². The maximum atomic E-state index is 10.5. The number of hydrogen-bond donors (Lipinski definition) is 1. The summed E-state index contributed by atoms with van der Waals surface area (Å²) in [4.78, 5) is 13.3. The second-order valence-corrected chi connectivity index (χ2v) is 7.16. The summed E-state index contributed by atoms with van der Waals surface area (Å²) in [7, 11) is 0. The zero-order chi connectivity index (χ0) is 20.5. The summed E-state index contributed by atoms with van der Waals surface area (Å²) in [6.07, 6.45) is -0.210. The Labute approximate surface area is 167 Å². The molecule has 0 saturated heterocycles. The predicted molar refractivity (Wildman–Crippen MR) is 98.0 cm³/mol. The molecule has 0 fully saturated rings. The second kappa shape index (κ2) is 8.26. The van der Waals surface area contributed by atoms with Gasteiger partial charge in [0.15, 0.2) is 0 Å². The van der Waals surface area contributed by atoms with E-state index < -0.39 is 12.1 Å². The Morgan fingerprint density at radius 2 is 1.97 bits per heavy atom. The highest BCUT2D eigenvalue weighted by Gasteiger charge is 2.49. The van der Waals surface area contributed by atoms with Crippen molar-refractivity contribution in [2.24, 2.45) is 5.92 Å². The average Bonchev–Trinajstić information content (AvgIpc) is 2.82. The van der Waals surface area contributed by atoms with Crippen LogP contribution in [0.3, 0.4) is 0 Å². The van der Waals surface area contributed by atoms with Crippen LogP contribution >= 0.6 is 0 Å². The molecule has 2 atom stereocenters. The number of nitrogens with zero attached hydrogens (tertiary/aromatic N) is 2. The third-order valence-corrected chi connectivity index (χ3v) is 5.13. The summed E-state index contributed by atoms with van der Waals surface area (Å²) in [5.74, 6) is -0.617. The highest BCUT2D eigenvalue weighted by molar-refractivity contribution is 5.70. The number of fused-ring (bicyclic) bond motifs is 4. The van der Waals surface area contributed by atoms with Crippen LogP contribution in [0.25, 0.3) is 0 Å². The summed E-state index contributed by atoms with van der Waals surface area (Å²) in [5, 5.41) is 12.4. The van der Waals surface area contributed by atoms with Crippen molar-refractivity contribution in [1.82, 2.24) is 4.98 Å². The van der Waals surface area contributed by atoms with Crippen LogP contribution in [0.5, 0.6) is 5.75 Å². The van der Waals surface area contributed by atoms with E-state index in [4.69, 9.17) is 14.6 Å². The first-order chi connectivity index (χ1) is 13.1. The maximum absolute atomic E-state index is 10.5. The van der Waals surface area contributed by atoms with Gasteiger partial charge in [-0.25, -0.2) is 4.57 Å². The van der Waals surface area contributed by atoms with Gasteiger partial charge in [0.1, 0.15) is 24.0 Å². The number of aromatic nitrogens is 2. The summed E-state index contributed by atoms with van der Waals surface area (Å²) in [6.45, 7) is 5.36. The Bertz CT molecular complexity index is 871. The highest BCUT2D eigenvalue weighted by atomic mass is 19.4. The van der Waals surface area contributed by atoms with Crippen molar-refractivity contribution in [2.45, 2.75) is 45.5 Å². The van der Waals surface area contributed by atoms with Crippen LogP contribution in [0.15, 0.2) is 42.7 Å². The molecule has 0 unspecified atom stereocenters. The van der Waals surface area contributed by atoms with Gasteiger partial charge in [-0.2, -0.15) is 13.2 Å². The Morgan fingerprint density at radius 3 is 2.62 bits per heavy atom. The van der Waals surface area contributed by atoms with Crippen molar-refractivity contribution in [2.75, 3.05) is 11.9 Å². The lowest BCUT2D eigenvalue weighted by Crippen LogP contribution is -2.63. The van der Waals surface area contributed by atoms with Crippen LogP contribution < -0.4 is 19.7 Å². The molecule has 0 bridgehead atoms. The summed E-state index contributed by atoms with van der Waals surface area (Å²) in [5.41, 5.74) is 1.24. The first-order valence-electron chi connectivity index (χ1n) is 8.76. The van der Waals surface area contributed by atoms with Crippen LogP contribution in [-0.2, 0) is 10.3 Å². The summed E-state index contributed by atoms with van der Waals surface area (Å²) >= 11 is 0. The number of carbonyl (C=O) groups excluding carboxylic acids is 1. The molecule has 1 N–H and O–H groups in total. The molecule has 1 aromatic heterocycles. The van der Waals surface area contributed by atoms with E-state index in [0.717, 1.165) is 24.7 Å². The van der Waals surface area contributed by atoms with Crippen molar-refractivity contribution < 1.29 is 32.4 Å². The number of alkyl halides is 3. The molecule has 0 saturated carbocycles.